The first kappa shape index (κ1) is 12.6. The second-order valence-corrected chi connectivity index (χ2v) is 5.06. The van der Waals surface area contributed by atoms with Gasteiger partial charge in [-0.3, -0.25) is 4.79 Å². The zero-order chi connectivity index (χ0) is 14.3. The molecule has 0 bridgehead atoms. The monoisotopic (exact) mass is 276 g/mol. The molecule has 2 aliphatic heterocycles. The number of hydrogen-bond acceptors (Lipinski definition) is 4. The largest absolute Gasteiger partial charge is 0.506 e. The number of urea groups is 1. The number of nitrogen functional groups attached to an aromatic ring is 1. The van der Waals surface area contributed by atoms with Gasteiger partial charge >= 0.3 is 6.03 Å². The summed E-state index contributed by atoms with van der Waals surface area (Å²) in [5.41, 5.74) is 6.18. The van der Waals surface area contributed by atoms with E-state index in [0.717, 1.165) is 0 Å². The molecule has 106 valence electrons. The highest BCUT2D eigenvalue weighted by molar-refractivity contribution is 5.95. The first-order valence-electron chi connectivity index (χ1n) is 6.48. The molecule has 4 N–H and O–H groups in total. The van der Waals surface area contributed by atoms with Crippen LogP contribution in [-0.2, 0) is 0 Å². The molecule has 2 saturated heterocycles. The molecular weight excluding hydrogens is 260 g/mol. The predicted molar refractivity (Wildman–Crippen MR) is 72.3 cm³/mol. The van der Waals surface area contributed by atoms with Crippen molar-refractivity contribution in [2.24, 2.45) is 0 Å². The fourth-order valence-corrected chi connectivity index (χ4v) is 2.65. The fourth-order valence-electron chi connectivity index (χ4n) is 2.65. The van der Waals surface area contributed by atoms with Crippen LogP contribution < -0.4 is 11.1 Å². The van der Waals surface area contributed by atoms with Gasteiger partial charge in [-0.15, -0.1) is 0 Å². The second kappa shape index (κ2) is 4.59. The number of phenols is 1. The lowest BCUT2D eigenvalue weighted by Gasteiger charge is -2.36. The molecule has 2 aliphatic rings. The van der Waals surface area contributed by atoms with Gasteiger partial charge < -0.3 is 26.0 Å². The Kier molecular flexibility index (Phi) is 2.89. The van der Waals surface area contributed by atoms with Gasteiger partial charge in [-0.2, -0.15) is 0 Å². The van der Waals surface area contributed by atoms with E-state index in [-0.39, 0.29) is 29.4 Å². The van der Waals surface area contributed by atoms with E-state index >= 15 is 0 Å². The number of hydrogen-bond donors (Lipinski definition) is 3. The molecule has 0 radical (unpaired) electrons. The smallest absolute Gasteiger partial charge is 0.317 e. The Morgan fingerprint density at radius 1 is 1.40 bits per heavy atom. The van der Waals surface area contributed by atoms with Gasteiger partial charge in [0.1, 0.15) is 5.75 Å². The number of fused-ring (bicyclic) bond motifs is 1. The molecule has 3 amide bonds. The maximum absolute atomic E-state index is 12.4. The highest BCUT2D eigenvalue weighted by atomic mass is 16.3. The number of carbonyl (C=O) groups is 2. The molecule has 2 heterocycles. The standard InChI is InChI=1S/C13H16N4O3/c14-10-2-1-8(5-11(10)18)12(19)16-3-4-17-9(7-16)6-15-13(17)20/h1-2,5,9,18H,3-4,6-7,14H2,(H,15,20). The summed E-state index contributed by atoms with van der Waals surface area (Å²) in [7, 11) is 0. The lowest BCUT2D eigenvalue weighted by molar-refractivity contribution is 0.0616. The van der Waals surface area contributed by atoms with Crippen molar-refractivity contribution in [3.05, 3.63) is 23.8 Å². The predicted octanol–water partition coefficient (Wildman–Crippen LogP) is -0.176. The molecule has 1 aromatic carbocycles. The minimum Gasteiger partial charge on any atom is -0.506 e. The number of benzene rings is 1. The van der Waals surface area contributed by atoms with Crippen molar-refractivity contribution in [3.8, 4) is 5.75 Å². The number of amides is 3. The number of nitrogens with two attached hydrogens (primary N) is 1. The van der Waals surface area contributed by atoms with Gasteiger partial charge in [0, 0.05) is 31.7 Å². The van der Waals surface area contributed by atoms with Crippen molar-refractivity contribution in [1.29, 1.82) is 0 Å². The molecule has 0 saturated carbocycles. The molecular formula is C13H16N4O3. The third-order valence-electron chi connectivity index (χ3n) is 3.80. The van der Waals surface area contributed by atoms with Crippen molar-refractivity contribution in [3.63, 3.8) is 0 Å². The van der Waals surface area contributed by atoms with E-state index in [1.54, 1.807) is 15.9 Å². The number of nitrogens with one attached hydrogen (secondary N) is 1. The van der Waals surface area contributed by atoms with Crippen molar-refractivity contribution in [2.45, 2.75) is 6.04 Å². The summed E-state index contributed by atoms with van der Waals surface area (Å²) in [5.74, 6) is -0.244. The summed E-state index contributed by atoms with van der Waals surface area (Å²) in [6.07, 6.45) is 0. The molecule has 2 fully saturated rings. The third kappa shape index (κ3) is 2.01. The summed E-state index contributed by atoms with van der Waals surface area (Å²) in [4.78, 5) is 27.3. The highest BCUT2D eigenvalue weighted by Gasteiger charge is 2.37. The number of piperazine rings is 1. The number of phenolic OH excluding ortho intramolecular Hbond substituents is 1. The van der Waals surface area contributed by atoms with E-state index in [4.69, 9.17) is 5.73 Å². The van der Waals surface area contributed by atoms with Crippen molar-refractivity contribution < 1.29 is 14.7 Å². The van der Waals surface area contributed by atoms with Gasteiger partial charge in [-0.05, 0) is 18.2 Å². The van der Waals surface area contributed by atoms with Crippen LogP contribution in [0.25, 0.3) is 0 Å². The first-order valence-corrected chi connectivity index (χ1v) is 6.48. The molecule has 0 aliphatic carbocycles. The number of carbonyl (C=O) groups excluding carboxylic acids is 2. The van der Waals surface area contributed by atoms with Crippen LogP contribution in [0.1, 0.15) is 10.4 Å². The average Bonchev–Trinajstić information content (AvgIpc) is 2.82. The van der Waals surface area contributed by atoms with Gasteiger partial charge in [0.15, 0.2) is 0 Å². The summed E-state index contributed by atoms with van der Waals surface area (Å²) < 4.78 is 0. The Morgan fingerprint density at radius 3 is 2.95 bits per heavy atom. The number of rotatable bonds is 1. The Balaban J connectivity index is 1.75. The average molecular weight is 276 g/mol. The minimum absolute atomic E-state index is 0.0302. The second-order valence-electron chi connectivity index (χ2n) is 5.06. The van der Waals surface area contributed by atoms with Gasteiger partial charge in [-0.1, -0.05) is 0 Å². The SMILES string of the molecule is Nc1ccc(C(=O)N2CCN3C(=O)NCC3C2)cc1O. The van der Waals surface area contributed by atoms with E-state index in [2.05, 4.69) is 5.32 Å². The van der Waals surface area contributed by atoms with Crippen LogP contribution in [-0.4, -0.2) is 59.1 Å². The van der Waals surface area contributed by atoms with Crippen molar-refractivity contribution >= 4 is 17.6 Å². The molecule has 7 heteroatoms. The summed E-state index contributed by atoms with van der Waals surface area (Å²) in [5, 5.41) is 12.3. The topological polar surface area (TPSA) is 98.9 Å². The molecule has 0 aromatic heterocycles. The highest BCUT2D eigenvalue weighted by Crippen LogP contribution is 2.23. The normalized spacial score (nSPS) is 21.6. The van der Waals surface area contributed by atoms with Crippen LogP contribution in [0.3, 0.4) is 0 Å². The number of anilines is 1. The van der Waals surface area contributed by atoms with Crippen LogP contribution in [0.2, 0.25) is 0 Å². The van der Waals surface area contributed by atoms with Gasteiger partial charge in [0.2, 0.25) is 0 Å². The Bertz CT molecular complexity index is 575. The molecule has 1 aromatic rings. The minimum atomic E-state index is -0.153. The fraction of sp³-hybridized carbons (Fsp3) is 0.385. The summed E-state index contributed by atoms with van der Waals surface area (Å²) >= 11 is 0. The lowest BCUT2D eigenvalue weighted by atomic mass is 10.1. The molecule has 20 heavy (non-hydrogen) atoms. The first-order chi connectivity index (χ1) is 9.56. The Labute approximate surface area is 116 Å². The maximum Gasteiger partial charge on any atom is 0.317 e. The summed E-state index contributed by atoms with van der Waals surface area (Å²) in [6.45, 7) is 2.09. The molecule has 3 rings (SSSR count). The van der Waals surface area contributed by atoms with Crippen LogP contribution in [0.15, 0.2) is 18.2 Å². The number of aromatic hydroxyl groups is 1. The van der Waals surface area contributed by atoms with Crippen molar-refractivity contribution in [2.75, 3.05) is 31.9 Å². The van der Waals surface area contributed by atoms with E-state index < -0.39 is 0 Å². The molecule has 7 nitrogen and oxygen atoms in total. The molecule has 1 unspecified atom stereocenters. The van der Waals surface area contributed by atoms with Gasteiger partial charge in [-0.25, -0.2) is 4.79 Å². The van der Waals surface area contributed by atoms with Crippen molar-refractivity contribution in [1.82, 2.24) is 15.1 Å². The van der Waals surface area contributed by atoms with Gasteiger partial charge in [0.25, 0.3) is 5.91 Å². The lowest BCUT2D eigenvalue weighted by Crippen LogP contribution is -2.53. The van der Waals surface area contributed by atoms with Crippen LogP contribution >= 0.6 is 0 Å². The third-order valence-corrected chi connectivity index (χ3v) is 3.80. The van der Waals surface area contributed by atoms with E-state index in [0.29, 0.717) is 31.7 Å². The zero-order valence-corrected chi connectivity index (χ0v) is 10.9. The van der Waals surface area contributed by atoms with Crippen LogP contribution in [0.5, 0.6) is 5.75 Å². The maximum atomic E-state index is 12.4. The van der Waals surface area contributed by atoms with E-state index in [1.807, 2.05) is 0 Å². The van der Waals surface area contributed by atoms with Crippen LogP contribution in [0.4, 0.5) is 10.5 Å². The zero-order valence-electron chi connectivity index (χ0n) is 10.9. The quantitative estimate of drug-likeness (QED) is 0.489. The van der Waals surface area contributed by atoms with Gasteiger partial charge in [0.05, 0.1) is 11.7 Å². The summed E-state index contributed by atoms with van der Waals surface area (Å²) in [6, 6.07) is 4.46. The molecule has 1 atom stereocenters. The van der Waals surface area contributed by atoms with Crippen LogP contribution in [0, 0.1) is 0 Å². The number of nitrogens with zero attached hydrogens (tertiary/aromatic N) is 2. The molecule has 0 spiro atoms. The Morgan fingerprint density at radius 2 is 2.20 bits per heavy atom. The van der Waals surface area contributed by atoms with E-state index in [1.165, 1.54) is 12.1 Å². The van der Waals surface area contributed by atoms with E-state index in [9.17, 15) is 14.7 Å². The Hall–Kier alpha value is -2.44.